The maximum absolute atomic E-state index is 11.1. The Hall–Kier alpha value is -1.60. The van der Waals surface area contributed by atoms with E-state index in [1.54, 1.807) is 6.07 Å². The zero-order valence-corrected chi connectivity index (χ0v) is 12.3. The van der Waals surface area contributed by atoms with Crippen LogP contribution in [0.3, 0.4) is 0 Å². The molecule has 1 saturated heterocycles. The first-order valence-electron chi connectivity index (χ1n) is 6.39. The zero-order chi connectivity index (χ0) is 14.7. The third-order valence-corrected chi connectivity index (χ3v) is 4.49. The molecule has 0 spiro atoms. The molecule has 0 aromatic carbocycles. The lowest BCUT2D eigenvalue weighted by Gasteiger charge is -2.16. The molecule has 6 nitrogen and oxygen atoms in total. The fraction of sp³-hybridized carbons (Fsp3) is 0.538. The molecule has 1 aromatic rings. The first-order valence-corrected chi connectivity index (χ1v) is 7.20. The molecule has 1 fully saturated rings. The van der Waals surface area contributed by atoms with Crippen molar-refractivity contribution in [3.63, 3.8) is 0 Å². The number of rotatable bonds is 4. The number of likely N-dealkylation sites (tertiary alicyclic amines) is 1. The number of nitrogens with one attached hydrogen (secondary N) is 1. The predicted molar refractivity (Wildman–Crippen MR) is 75.2 cm³/mol. The maximum atomic E-state index is 11.1. The molecule has 1 amide bonds. The van der Waals surface area contributed by atoms with Crippen LogP contribution in [-0.4, -0.2) is 48.3 Å². The number of hydrogen-bond donors (Lipinski definition) is 2. The summed E-state index contributed by atoms with van der Waals surface area (Å²) >= 11 is 1.30. The van der Waals surface area contributed by atoms with Gasteiger partial charge < -0.3 is 15.2 Å². The van der Waals surface area contributed by atoms with Gasteiger partial charge in [0.25, 0.3) is 0 Å². The van der Waals surface area contributed by atoms with Gasteiger partial charge in [-0.1, -0.05) is 0 Å². The average molecular weight is 298 g/mol. The highest BCUT2D eigenvalue weighted by molar-refractivity contribution is 7.14. The second-order valence-electron chi connectivity index (χ2n) is 4.85. The molecular formula is C13H18N2O4S. The van der Waals surface area contributed by atoms with Crippen molar-refractivity contribution in [1.29, 1.82) is 0 Å². The lowest BCUT2D eigenvalue weighted by Crippen LogP contribution is -2.36. The van der Waals surface area contributed by atoms with E-state index >= 15 is 0 Å². The van der Waals surface area contributed by atoms with Gasteiger partial charge in [-0.15, -0.1) is 11.3 Å². The van der Waals surface area contributed by atoms with Crippen LogP contribution in [0, 0.1) is 6.92 Å². The summed E-state index contributed by atoms with van der Waals surface area (Å²) in [4.78, 5) is 25.7. The summed E-state index contributed by atoms with van der Waals surface area (Å²) < 4.78 is 4.58. The largest absolute Gasteiger partial charge is 0.477 e. The summed E-state index contributed by atoms with van der Waals surface area (Å²) in [6.45, 7) is 4.29. The van der Waals surface area contributed by atoms with Crippen LogP contribution in [-0.2, 0) is 11.3 Å². The summed E-state index contributed by atoms with van der Waals surface area (Å²) in [6, 6.07) is 1.84. The number of nitrogens with zero attached hydrogens (tertiary/aromatic N) is 1. The topological polar surface area (TPSA) is 78.9 Å². The first-order chi connectivity index (χ1) is 9.49. The monoisotopic (exact) mass is 298 g/mol. The van der Waals surface area contributed by atoms with E-state index in [0.717, 1.165) is 36.5 Å². The summed E-state index contributed by atoms with van der Waals surface area (Å²) in [5.41, 5.74) is 1.05. The van der Waals surface area contributed by atoms with Gasteiger partial charge in [0, 0.05) is 30.6 Å². The van der Waals surface area contributed by atoms with E-state index in [0.29, 0.717) is 4.88 Å². The van der Waals surface area contributed by atoms with Gasteiger partial charge in [0.15, 0.2) is 0 Å². The normalized spacial score (nSPS) is 19.0. The van der Waals surface area contributed by atoms with Gasteiger partial charge in [-0.05, 0) is 25.0 Å². The SMILES string of the molecule is COC(=O)NC1CCN(Cc2cc(C(=O)O)sc2C)C1. The van der Waals surface area contributed by atoms with Crippen molar-refractivity contribution >= 4 is 23.4 Å². The minimum atomic E-state index is -0.879. The minimum absolute atomic E-state index is 0.0975. The number of hydrogen-bond acceptors (Lipinski definition) is 5. The Kier molecular flexibility index (Phi) is 4.61. The summed E-state index contributed by atoms with van der Waals surface area (Å²) in [5.74, 6) is -0.879. The molecule has 2 rings (SSSR count). The summed E-state index contributed by atoms with van der Waals surface area (Å²) in [6.07, 6.45) is 0.473. The zero-order valence-electron chi connectivity index (χ0n) is 11.5. The molecular weight excluding hydrogens is 280 g/mol. The number of carboxylic acids is 1. The van der Waals surface area contributed by atoms with Gasteiger partial charge in [-0.2, -0.15) is 0 Å². The highest BCUT2D eigenvalue weighted by Crippen LogP contribution is 2.24. The molecule has 1 atom stereocenters. The Morgan fingerprint density at radius 3 is 2.95 bits per heavy atom. The number of thiophene rings is 1. The van der Waals surface area contributed by atoms with Gasteiger partial charge in [-0.3, -0.25) is 4.90 Å². The van der Waals surface area contributed by atoms with Crippen LogP contribution in [0.1, 0.15) is 26.5 Å². The number of aryl methyl sites for hydroxylation is 1. The van der Waals surface area contributed by atoms with Crippen molar-refractivity contribution in [2.75, 3.05) is 20.2 Å². The Balaban J connectivity index is 1.92. The predicted octanol–water partition coefficient (Wildman–Crippen LogP) is 1.69. The van der Waals surface area contributed by atoms with Crippen molar-refractivity contribution < 1.29 is 19.4 Å². The van der Waals surface area contributed by atoms with E-state index in [-0.39, 0.29) is 6.04 Å². The highest BCUT2D eigenvalue weighted by atomic mass is 32.1. The minimum Gasteiger partial charge on any atom is -0.477 e. The van der Waals surface area contributed by atoms with Crippen molar-refractivity contribution in [2.24, 2.45) is 0 Å². The Bertz CT molecular complexity index is 514. The molecule has 1 aromatic heterocycles. The molecule has 2 heterocycles. The van der Waals surface area contributed by atoms with Crippen molar-refractivity contribution in [3.05, 3.63) is 21.4 Å². The van der Waals surface area contributed by atoms with Gasteiger partial charge in [0.05, 0.1) is 7.11 Å². The van der Waals surface area contributed by atoms with Crippen molar-refractivity contribution in [1.82, 2.24) is 10.2 Å². The molecule has 1 aliphatic rings. The number of amides is 1. The summed E-state index contributed by atoms with van der Waals surface area (Å²) in [5, 5.41) is 11.8. The lowest BCUT2D eigenvalue weighted by atomic mass is 10.2. The molecule has 1 aliphatic heterocycles. The molecule has 0 radical (unpaired) electrons. The third-order valence-electron chi connectivity index (χ3n) is 3.41. The number of alkyl carbamates (subject to hydrolysis) is 1. The Morgan fingerprint density at radius 2 is 2.35 bits per heavy atom. The Morgan fingerprint density at radius 1 is 1.60 bits per heavy atom. The van der Waals surface area contributed by atoms with Crippen molar-refractivity contribution in [2.45, 2.75) is 25.9 Å². The van der Waals surface area contributed by atoms with E-state index in [9.17, 15) is 9.59 Å². The number of carbonyl (C=O) groups is 2. The number of ether oxygens (including phenoxy) is 1. The van der Waals surface area contributed by atoms with Crippen LogP contribution in [0.25, 0.3) is 0 Å². The van der Waals surface area contributed by atoms with Gasteiger partial charge in [0.2, 0.25) is 0 Å². The number of carboxylic acid groups (broad SMARTS) is 1. The molecule has 2 N–H and O–H groups in total. The second-order valence-corrected chi connectivity index (χ2v) is 6.11. The van der Waals surface area contributed by atoms with Crippen LogP contribution in [0.4, 0.5) is 4.79 Å². The second kappa shape index (κ2) is 6.23. The van der Waals surface area contributed by atoms with Crippen LogP contribution in [0.15, 0.2) is 6.07 Å². The molecule has 110 valence electrons. The van der Waals surface area contributed by atoms with E-state index in [1.807, 2.05) is 6.92 Å². The fourth-order valence-electron chi connectivity index (χ4n) is 2.34. The molecule has 0 bridgehead atoms. The quantitative estimate of drug-likeness (QED) is 0.884. The van der Waals surface area contributed by atoms with Crippen molar-refractivity contribution in [3.8, 4) is 0 Å². The Labute approximate surface area is 121 Å². The number of methoxy groups -OCH3 is 1. The van der Waals surface area contributed by atoms with Gasteiger partial charge in [0.1, 0.15) is 4.88 Å². The van der Waals surface area contributed by atoms with Crippen LogP contribution in [0.2, 0.25) is 0 Å². The standard InChI is InChI=1S/C13H18N2O4S/c1-8-9(5-11(20-8)12(16)17)6-15-4-3-10(7-15)14-13(18)19-2/h5,10H,3-4,6-7H2,1-2H3,(H,14,18)(H,16,17). The highest BCUT2D eigenvalue weighted by Gasteiger charge is 2.25. The average Bonchev–Trinajstić information content (AvgIpc) is 2.98. The molecule has 20 heavy (non-hydrogen) atoms. The van der Waals surface area contributed by atoms with Gasteiger partial charge >= 0.3 is 12.1 Å². The van der Waals surface area contributed by atoms with E-state index in [2.05, 4.69) is 15.0 Å². The van der Waals surface area contributed by atoms with Crippen LogP contribution < -0.4 is 5.32 Å². The fourth-order valence-corrected chi connectivity index (χ4v) is 3.22. The maximum Gasteiger partial charge on any atom is 0.407 e. The number of carbonyl (C=O) groups excluding carboxylic acids is 1. The molecule has 1 unspecified atom stereocenters. The third kappa shape index (κ3) is 3.49. The molecule has 0 saturated carbocycles. The van der Waals surface area contributed by atoms with Crippen LogP contribution in [0.5, 0.6) is 0 Å². The van der Waals surface area contributed by atoms with Gasteiger partial charge in [-0.25, -0.2) is 9.59 Å². The summed E-state index contributed by atoms with van der Waals surface area (Å²) in [7, 11) is 1.35. The van der Waals surface area contributed by atoms with E-state index in [4.69, 9.17) is 5.11 Å². The van der Waals surface area contributed by atoms with Crippen LogP contribution >= 0.6 is 11.3 Å². The first kappa shape index (κ1) is 14.8. The lowest BCUT2D eigenvalue weighted by molar-refractivity contribution is 0.0702. The smallest absolute Gasteiger partial charge is 0.407 e. The molecule has 0 aliphatic carbocycles. The number of aromatic carboxylic acids is 1. The van der Waals surface area contributed by atoms with E-state index < -0.39 is 12.1 Å². The molecule has 7 heteroatoms. The van der Waals surface area contributed by atoms with E-state index in [1.165, 1.54) is 18.4 Å².